The Bertz CT molecular complexity index is 2290. The van der Waals surface area contributed by atoms with Gasteiger partial charge >= 0.3 is 12.2 Å². The summed E-state index contributed by atoms with van der Waals surface area (Å²) < 4.78 is 9.54. The summed E-state index contributed by atoms with van der Waals surface area (Å²) >= 11 is 0. The molecule has 3 aromatic carbocycles. The van der Waals surface area contributed by atoms with Gasteiger partial charge in [0.05, 0.1) is 49.2 Å². The molecule has 2 aliphatic rings. The maximum Gasteiger partial charge on any atom is 0.407 e. The van der Waals surface area contributed by atoms with Crippen molar-refractivity contribution in [3.05, 3.63) is 84.6 Å². The van der Waals surface area contributed by atoms with Crippen molar-refractivity contribution in [1.82, 2.24) is 40.8 Å². The normalized spacial score (nSPS) is 17.1. The van der Waals surface area contributed by atoms with Crippen LogP contribution in [0.15, 0.2) is 72.9 Å². The fourth-order valence-electron chi connectivity index (χ4n) is 8.56. The van der Waals surface area contributed by atoms with Crippen molar-refractivity contribution in [3.8, 4) is 33.5 Å². The van der Waals surface area contributed by atoms with Gasteiger partial charge in [-0.1, -0.05) is 95.1 Å². The third-order valence-corrected chi connectivity index (χ3v) is 12.0. The molecule has 4 amide bonds. The quantitative estimate of drug-likeness (QED) is 0.0791. The van der Waals surface area contributed by atoms with Crippen LogP contribution in [0.3, 0.4) is 0 Å². The molecule has 0 unspecified atom stereocenters. The maximum atomic E-state index is 13.6. The standard InChI is InChI=1S/C46H56N8O6/c1-26(2)38(52-45(57)59-5)43(55)51-40(32-10-7-8-11-32)42-47-25-36(50-42)31-19-17-29(18-20-31)28-13-15-30(16-14-28)33-21-22-34-35(24-33)49-41(48-34)37-12-9-23-54(37)44(56)39(27(3)4)53-46(58)60-6/h13-22,24-27,32,37-40H,7-12,23H2,1-6H3,(H,47,50)(H,48,49)(H,51,55)(H,52,57)(H,53,58)/t37-,38-,39-,40-/m0/s1. The van der Waals surface area contributed by atoms with Crippen molar-refractivity contribution in [1.29, 1.82) is 0 Å². The smallest absolute Gasteiger partial charge is 0.407 e. The number of aromatic nitrogens is 4. The van der Waals surface area contributed by atoms with Crippen LogP contribution in [0, 0.1) is 17.8 Å². The molecule has 0 bridgehead atoms. The topological polar surface area (TPSA) is 183 Å². The van der Waals surface area contributed by atoms with Crippen LogP contribution in [0.5, 0.6) is 0 Å². The minimum Gasteiger partial charge on any atom is -0.453 e. The molecular weight excluding hydrogens is 761 g/mol. The number of H-pyrrole nitrogens is 2. The summed E-state index contributed by atoms with van der Waals surface area (Å²) in [6, 6.07) is 21.0. The van der Waals surface area contributed by atoms with Crippen LogP contribution in [0.4, 0.5) is 9.59 Å². The van der Waals surface area contributed by atoms with E-state index in [1.54, 1.807) is 0 Å². The number of ether oxygens (including phenoxy) is 2. The highest BCUT2D eigenvalue weighted by atomic mass is 16.5. The van der Waals surface area contributed by atoms with Crippen LogP contribution in [0.25, 0.3) is 44.5 Å². The lowest BCUT2D eigenvalue weighted by Crippen LogP contribution is -2.51. The van der Waals surface area contributed by atoms with E-state index in [4.69, 9.17) is 19.4 Å². The van der Waals surface area contributed by atoms with Crippen molar-refractivity contribution < 1.29 is 28.7 Å². The van der Waals surface area contributed by atoms with E-state index in [1.165, 1.54) is 14.2 Å². The Kier molecular flexibility index (Phi) is 12.9. The van der Waals surface area contributed by atoms with E-state index in [0.717, 1.165) is 88.9 Å². The zero-order valence-corrected chi connectivity index (χ0v) is 35.2. The van der Waals surface area contributed by atoms with Gasteiger partial charge in [-0.15, -0.1) is 0 Å². The number of benzene rings is 3. The number of carbonyl (C=O) groups excluding carboxylic acids is 4. The molecule has 316 valence electrons. The molecular formula is C46H56N8O6. The summed E-state index contributed by atoms with van der Waals surface area (Å²) in [6.45, 7) is 8.19. The Morgan fingerprint density at radius 1 is 0.700 bits per heavy atom. The lowest BCUT2D eigenvalue weighted by atomic mass is 9.96. The Morgan fingerprint density at radius 2 is 1.27 bits per heavy atom. The second kappa shape index (κ2) is 18.4. The summed E-state index contributed by atoms with van der Waals surface area (Å²) in [4.78, 5) is 69.5. The minimum atomic E-state index is -0.734. The van der Waals surface area contributed by atoms with Gasteiger partial charge in [-0.25, -0.2) is 19.6 Å². The summed E-state index contributed by atoms with van der Waals surface area (Å²) in [5.74, 6) is 1.05. The van der Waals surface area contributed by atoms with E-state index < -0.39 is 24.3 Å². The van der Waals surface area contributed by atoms with Gasteiger partial charge in [-0.3, -0.25) is 9.59 Å². The molecule has 4 atom stereocenters. The van der Waals surface area contributed by atoms with Gasteiger partial charge in [0.25, 0.3) is 0 Å². The van der Waals surface area contributed by atoms with Crippen molar-refractivity contribution in [2.45, 2.75) is 90.4 Å². The van der Waals surface area contributed by atoms with E-state index >= 15 is 0 Å². The Balaban J connectivity index is 1.03. The summed E-state index contributed by atoms with van der Waals surface area (Å²) in [5, 5.41) is 8.59. The average molecular weight is 817 g/mol. The van der Waals surface area contributed by atoms with Crippen LogP contribution < -0.4 is 16.0 Å². The third kappa shape index (κ3) is 9.17. The molecule has 5 N–H and O–H groups in total. The second-order valence-electron chi connectivity index (χ2n) is 16.6. The van der Waals surface area contributed by atoms with Crippen LogP contribution >= 0.6 is 0 Å². The fourth-order valence-corrected chi connectivity index (χ4v) is 8.56. The third-order valence-electron chi connectivity index (χ3n) is 12.0. The van der Waals surface area contributed by atoms with E-state index in [0.29, 0.717) is 12.4 Å². The predicted octanol–water partition coefficient (Wildman–Crippen LogP) is 8.06. The lowest BCUT2D eigenvalue weighted by molar-refractivity contribution is -0.135. The average Bonchev–Trinajstić information content (AvgIpc) is 4.10. The summed E-state index contributed by atoms with van der Waals surface area (Å²) in [5.41, 5.74) is 7.82. The fraction of sp³-hybridized carbons (Fsp3) is 0.435. The molecule has 0 spiro atoms. The number of likely N-dealkylation sites (tertiary alicyclic amines) is 1. The molecule has 60 heavy (non-hydrogen) atoms. The summed E-state index contributed by atoms with van der Waals surface area (Å²) in [6.07, 6.45) is 6.37. The van der Waals surface area contributed by atoms with Crippen LogP contribution in [-0.2, 0) is 19.1 Å². The molecule has 1 aliphatic heterocycles. The van der Waals surface area contributed by atoms with Gasteiger partial charge in [0, 0.05) is 6.54 Å². The number of rotatable bonds is 13. The Hall–Kier alpha value is -6.18. The molecule has 14 nitrogen and oxygen atoms in total. The number of aromatic amines is 2. The SMILES string of the molecule is COC(=O)N[C@H](C(=O)N[C@H](c1ncc(-c2ccc(-c3ccc(-c4ccc5nc([C@@H]6CCCN6C(=O)[C@@H](NC(=O)OC)C(C)C)[nH]c5c4)cc3)cc2)[nH]1)C1CCCC1)C(C)C. The number of fused-ring (bicyclic) bond motifs is 1. The highest BCUT2D eigenvalue weighted by Gasteiger charge is 2.38. The van der Waals surface area contributed by atoms with Gasteiger partial charge in [-0.05, 0) is 83.4 Å². The number of hydrogen-bond acceptors (Lipinski definition) is 8. The number of methoxy groups -OCH3 is 2. The van der Waals surface area contributed by atoms with E-state index in [-0.39, 0.29) is 41.7 Å². The minimum absolute atomic E-state index is 0.107. The number of hydrogen-bond donors (Lipinski definition) is 5. The van der Waals surface area contributed by atoms with Crippen LogP contribution in [0.2, 0.25) is 0 Å². The van der Waals surface area contributed by atoms with Crippen molar-refractivity contribution in [2.75, 3.05) is 20.8 Å². The van der Waals surface area contributed by atoms with Gasteiger partial charge in [0.15, 0.2) is 0 Å². The molecule has 3 heterocycles. The molecule has 1 aliphatic carbocycles. The Labute approximate surface area is 350 Å². The first kappa shape index (κ1) is 42.0. The van der Waals surface area contributed by atoms with Crippen molar-refractivity contribution in [2.24, 2.45) is 17.8 Å². The lowest BCUT2D eigenvalue weighted by Gasteiger charge is -2.29. The molecule has 0 radical (unpaired) electrons. The number of nitrogens with one attached hydrogen (secondary N) is 5. The number of nitrogens with zero attached hydrogens (tertiary/aromatic N) is 3. The largest absolute Gasteiger partial charge is 0.453 e. The first-order valence-corrected chi connectivity index (χ1v) is 21.0. The monoisotopic (exact) mass is 816 g/mol. The predicted molar refractivity (Wildman–Crippen MR) is 229 cm³/mol. The first-order valence-electron chi connectivity index (χ1n) is 21.0. The van der Waals surface area contributed by atoms with Crippen molar-refractivity contribution in [3.63, 3.8) is 0 Å². The highest BCUT2D eigenvalue weighted by molar-refractivity contribution is 5.88. The van der Waals surface area contributed by atoms with Gasteiger partial charge in [-0.2, -0.15) is 0 Å². The van der Waals surface area contributed by atoms with E-state index in [1.807, 2.05) is 44.9 Å². The number of alkyl carbamates (subject to hydrolysis) is 2. The van der Waals surface area contributed by atoms with Crippen LogP contribution in [0.1, 0.15) is 90.0 Å². The summed E-state index contributed by atoms with van der Waals surface area (Å²) in [7, 11) is 2.58. The molecule has 14 heteroatoms. The number of amides is 4. The second-order valence-corrected chi connectivity index (χ2v) is 16.6. The maximum absolute atomic E-state index is 13.6. The van der Waals surface area contributed by atoms with Gasteiger partial charge in [0.2, 0.25) is 11.8 Å². The van der Waals surface area contributed by atoms with Crippen molar-refractivity contribution >= 4 is 35.0 Å². The van der Waals surface area contributed by atoms with Crippen LogP contribution in [-0.4, -0.2) is 81.7 Å². The zero-order valence-electron chi connectivity index (χ0n) is 35.2. The zero-order chi connectivity index (χ0) is 42.5. The number of imidazole rings is 2. The highest BCUT2D eigenvalue weighted by Crippen LogP contribution is 2.37. The molecule has 5 aromatic rings. The van der Waals surface area contributed by atoms with E-state index in [9.17, 15) is 19.2 Å². The van der Waals surface area contributed by atoms with Gasteiger partial charge < -0.3 is 40.3 Å². The molecule has 1 saturated carbocycles. The van der Waals surface area contributed by atoms with Gasteiger partial charge in [0.1, 0.15) is 23.7 Å². The molecule has 7 rings (SSSR count). The van der Waals surface area contributed by atoms with E-state index in [2.05, 4.69) is 86.6 Å². The molecule has 1 saturated heterocycles. The Morgan fingerprint density at radius 3 is 1.87 bits per heavy atom. The number of carbonyl (C=O) groups is 4. The first-order chi connectivity index (χ1) is 28.9. The molecule has 2 fully saturated rings. The molecule has 2 aromatic heterocycles.